The molecule has 0 aliphatic carbocycles. The van der Waals surface area contributed by atoms with Crippen LogP contribution in [0.3, 0.4) is 0 Å². The number of anilines is 1. The molecule has 0 aliphatic heterocycles. The van der Waals surface area contributed by atoms with Crippen LogP contribution in [0.4, 0.5) is 5.82 Å². The highest BCUT2D eigenvalue weighted by Gasteiger charge is 2.31. The largest absolute Gasteiger partial charge is 0.493 e. The Morgan fingerprint density at radius 1 is 0.721 bits per heavy atom. The number of nitrogens with zero attached hydrogens (tertiary/aromatic N) is 4. The molecule has 2 heterocycles. The highest BCUT2D eigenvalue weighted by molar-refractivity contribution is 9.10. The minimum atomic E-state index is -4.29. The first-order chi connectivity index (χ1) is 29.1. The smallest absolute Gasteiger partial charge is 0.324 e. The average Bonchev–Trinajstić information content (AvgIpc) is 3.23. The van der Waals surface area contributed by atoms with Crippen molar-refractivity contribution in [2.75, 3.05) is 25.0 Å². The van der Waals surface area contributed by atoms with Crippen molar-refractivity contribution in [2.45, 2.75) is 64.6 Å². The Bertz CT molecular complexity index is 2420. The Labute approximate surface area is 367 Å². The SMILES string of the molecule is COc1ccccc1Oc1c(NS(=O)(=O)c2ccc(C(C)(C)C)cc2)nc(OC(CC(C)(C)C)O[Si](c2ccccc2)c2ccccc2)nc1OCCOc1ncc(Br)cn1. The summed E-state index contributed by atoms with van der Waals surface area (Å²) < 4.78 is 69.3. The van der Waals surface area contributed by atoms with Gasteiger partial charge in [0.15, 0.2) is 23.6 Å². The molecule has 1 unspecified atom stereocenters. The number of ether oxygens (including phenoxy) is 5. The summed E-state index contributed by atoms with van der Waals surface area (Å²) in [6, 6.07) is 33.4. The number of rotatable bonds is 18. The third-order valence-corrected chi connectivity index (χ3v) is 12.8. The lowest BCUT2D eigenvalue weighted by Gasteiger charge is -2.29. The number of sulfonamides is 1. The van der Waals surface area contributed by atoms with Crippen LogP contribution < -0.4 is 38.8 Å². The average molecular weight is 928 g/mol. The fourth-order valence-corrected chi connectivity index (χ4v) is 9.04. The number of halogens is 1. The number of methoxy groups -OCH3 is 1. The topological polar surface area (TPSA) is 153 Å². The van der Waals surface area contributed by atoms with Crippen LogP contribution in [-0.4, -0.2) is 64.0 Å². The number of nitrogens with one attached hydrogen (secondary N) is 1. The Morgan fingerprint density at radius 3 is 1.87 bits per heavy atom. The highest BCUT2D eigenvalue weighted by Crippen LogP contribution is 2.42. The molecule has 1 radical (unpaired) electrons. The molecule has 4 aromatic carbocycles. The summed E-state index contributed by atoms with van der Waals surface area (Å²) in [7, 11) is -4.67. The van der Waals surface area contributed by atoms with Gasteiger partial charge in [-0.2, -0.15) is 9.97 Å². The van der Waals surface area contributed by atoms with Crippen LogP contribution >= 0.6 is 15.9 Å². The molecular weight excluding hydrogens is 879 g/mol. The number of benzene rings is 4. The number of hydrogen-bond acceptors (Lipinski definition) is 12. The van der Waals surface area contributed by atoms with Gasteiger partial charge in [0.1, 0.15) is 13.2 Å². The monoisotopic (exact) mass is 926 g/mol. The summed E-state index contributed by atoms with van der Waals surface area (Å²) in [6.07, 6.45) is 2.64. The van der Waals surface area contributed by atoms with Crippen LogP contribution in [0.2, 0.25) is 0 Å². The second kappa shape index (κ2) is 19.9. The highest BCUT2D eigenvalue weighted by atomic mass is 79.9. The molecule has 1 N–H and O–H groups in total. The van der Waals surface area contributed by atoms with Gasteiger partial charge in [0.2, 0.25) is 5.75 Å². The van der Waals surface area contributed by atoms with Gasteiger partial charge in [-0.1, -0.05) is 126 Å². The van der Waals surface area contributed by atoms with Crippen LogP contribution in [-0.2, 0) is 19.9 Å². The van der Waals surface area contributed by atoms with E-state index in [0.29, 0.717) is 16.6 Å². The van der Waals surface area contributed by atoms with E-state index in [4.69, 9.17) is 28.1 Å². The van der Waals surface area contributed by atoms with E-state index in [1.54, 1.807) is 60.9 Å². The molecule has 0 bridgehead atoms. The van der Waals surface area contributed by atoms with E-state index in [2.05, 4.69) is 82.1 Å². The van der Waals surface area contributed by atoms with E-state index in [-0.39, 0.29) is 64.2 Å². The fraction of sp³-hybridized carbons (Fsp3) is 0.289. The van der Waals surface area contributed by atoms with Crippen molar-refractivity contribution in [3.8, 4) is 35.1 Å². The van der Waals surface area contributed by atoms with Gasteiger partial charge in [-0.25, -0.2) is 18.4 Å². The lowest BCUT2D eigenvalue weighted by atomic mass is 9.87. The van der Waals surface area contributed by atoms with Crippen molar-refractivity contribution in [1.82, 2.24) is 19.9 Å². The maximum atomic E-state index is 14.2. The third-order valence-electron chi connectivity index (χ3n) is 8.84. The minimum absolute atomic E-state index is 0.00194. The van der Waals surface area contributed by atoms with E-state index in [1.165, 1.54) is 7.11 Å². The van der Waals surface area contributed by atoms with Gasteiger partial charge in [-0.15, -0.1) is 0 Å². The molecule has 0 amide bonds. The quantitative estimate of drug-likeness (QED) is 0.0501. The van der Waals surface area contributed by atoms with Crippen molar-refractivity contribution < 1.29 is 36.5 Å². The van der Waals surface area contributed by atoms with Crippen LogP contribution in [0.25, 0.3) is 0 Å². The van der Waals surface area contributed by atoms with Gasteiger partial charge < -0.3 is 28.1 Å². The molecule has 2 aromatic heterocycles. The molecule has 0 spiro atoms. The summed E-state index contributed by atoms with van der Waals surface area (Å²) >= 11 is 3.32. The van der Waals surface area contributed by atoms with Gasteiger partial charge in [0.05, 0.1) is 16.5 Å². The molecule has 0 saturated heterocycles. The van der Waals surface area contributed by atoms with Crippen molar-refractivity contribution >= 4 is 51.2 Å². The summed E-state index contributed by atoms with van der Waals surface area (Å²) in [6.45, 7) is 12.3. The van der Waals surface area contributed by atoms with E-state index < -0.39 is 25.4 Å². The van der Waals surface area contributed by atoms with Gasteiger partial charge in [0.25, 0.3) is 24.9 Å². The normalized spacial score (nSPS) is 12.4. The lowest BCUT2D eigenvalue weighted by Crippen LogP contribution is -2.49. The molecular formula is C45H49BrN5O8SSi. The first-order valence-electron chi connectivity index (χ1n) is 19.5. The fourth-order valence-electron chi connectivity index (χ4n) is 5.84. The first kappa shape index (κ1) is 45.0. The Kier molecular flexibility index (Phi) is 14.7. The zero-order valence-corrected chi connectivity index (χ0v) is 38.5. The van der Waals surface area contributed by atoms with E-state index in [9.17, 15) is 8.42 Å². The number of hydrogen-bond donors (Lipinski definition) is 1. The van der Waals surface area contributed by atoms with Crippen molar-refractivity contribution in [3.05, 3.63) is 132 Å². The molecule has 1 atom stereocenters. The Morgan fingerprint density at radius 2 is 1.30 bits per heavy atom. The van der Waals surface area contributed by atoms with Gasteiger partial charge in [-0.05, 0) is 67.0 Å². The molecule has 0 saturated carbocycles. The number of para-hydroxylation sites is 2. The third kappa shape index (κ3) is 12.7. The second-order valence-electron chi connectivity index (χ2n) is 16.0. The predicted molar refractivity (Wildman–Crippen MR) is 239 cm³/mol. The molecule has 0 fully saturated rings. The van der Waals surface area contributed by atoms with Crippen molar-refractivity contribution in [2.24, 2.45) is 5.41 Å². The van der Waals surface area contributed by atoms with E-state index >= 15 is 0 Å². The first-order valence-corrected chi connectivity index (χ1v) is 23.2. The van der Waals surface area contributed by atoms with E-state index in [1.807, 2.05) is 60.7 Å². The Hall–Kier alpha value is -5.55. The summed E-state index contributed by atoms with van der Waals surface area (Å²) in [5, 5.41) is 2.01. The van der Waals surface area contributed by atoms with Crippen LogP contribution in [0, 0.1) is 5.41 Å². The Balaban J connectivity index is 1.44. The van der Waals surface area contributed by atoms with Crippen LogP contribution in [0.15, 0.2) is 131 Å². The van der Waals surface area contributed by atoms with Crippen molar-refractivity contribution in [3.63, 3.8) is 0 Å². The van der Waals surface area contributed by atoms with Crippen molar-refractivity contribution in [1.29, 1.82) is 0 Å². The standard InChI is InChI=1S/C45H49BrN5O8SSi/c1-44(2,3)28-38(59-61(34-16-10-8-11-17-34)35-18-12-9-13-19-35)58-43-49-40(51-60(52,53)33-24-22-31(23-25-33)45(4,5)6)39(57-37-21-15-14-20-36(37)54-7)41(50-43)55-26-27-56-42-47-29-32(46)30-48-42/h8-25,29-30,38H,26-28H2,1-7H3,(H,49,50,51). The van der Waals surface area contributed by atoms with Gasteiger partial charge in [-0.3, -0.25) is 4.72 Å². The zero-order chi connectivity index (χ0) is 43.6. The van der Waals surface area contributed by atoms with E-state index in [0.717, 1.165) is 15.9 Å². The molecule has 16 heteroatoms. The summed E-state index contributed by atoms with van der Waals surface area (Å²) in [5.41, 5.74) is 0.484. The predicted octanol–water partition coefficient (Wildman–Crippen LogP) is 8.35. The zero-order valence-electron chi connectivity index (χ0n) is 35.1. The van der Waals surface area contributed by atoms with Gasteiger partial charge >= 0.3 is 12.0 Å². The molecule has 13 nitrogen and oxygen atoms in total. The maximum Gasteiger partial charge on any atom is 0.324 e. The maximum absolute atomic E-state index is 14.2. The lowest BCUT2D eigenvalue weighted by molar-refractivity contribution is -0.0293. The van der Waals surface area contributed by atoms with Gasteiger partial charge in [0, 0.05) is 18.8 Å². The molecule has 61 heavy (non-hydrogen) atoms. The summed E-state index contributed by atoms with van der Waals surface area (Å²) in [5.74, 6) is 0.0512. The molecule has 6 rings (SSSR count). The molecule has 0 aliphatic rings. The molecule has 6 aromatic rings. The van der Waals surface area contributed by atoms with Crippen LogP contribution in [0.1, 0.15) is 53.5 Å². The molecule has 319 valence electrons. The van der Waals surface area contributed by atoms with Crippen LogP contribution in [0.5, 0.6) is 35.1 Å². The second-order valence-corrected chi connectivity index (χ2v) is 20.6. The number of aromatic nitrogens is 4. The summed E-state index contributed by atoms with van der Waals surface area (Å²) in [4.78, 5) is 17.7. The minimum Gasteiger partial charge on any atom is -0.493 e.